The number of hydrogen-bond acceptors (Lipinski definition) is 6. The smallest absolute Gasteiger partial charge is 0.236 e. The number of carbonyl (C=O) groups is 2. The van der Waals surface area contributed by atoms with E-state index in [0.29, 0.717) is 19.6 Å². The van der Waals surface area contributed by atoms with Crippen molar-refractivity contribution in [2.45, 2.75) is 6.54 Å². The van der Waals surface area contributed by atoms with Crippen molar-refractivity contribution in [2.24, 2.45) is 0 Å². The van der Waals surface area contributed by atoms with Gasteiger partial charge < -0.3 is 15.1 Å². The summed E-state index contributed by atoms with van der Waals surface area (Å²) in [7, 11) is 0. The third-order valence-electron chi connectivity index (χ3n) is 6.13. The highest BCUT2D eigenvalue weighted by Crippen LogP contribution is 2.13. The van der Waals surface area contributed by atoms with Gasteiger partial charge in [0.15, 0.2) is 0 Å². The minimum atomic E-state index is 0.0455. The van der Waals surface area contributed by atoms with Crippen LogP contribution >= 0.6 is 0 Å². The fourth-order valence-electron chi connectivity index (χ4n) is 4.18. The molecule has 1 aromatic heterocycles. The van der Waals surface area contributed by atoms with Gasteiger partial charge in [0.1, 0.15) is 5.82 Å². The lowest BCUT2D eigenvalue weighted by Crippen LogP contribution is -2.54. The molecule has 2 amide bonds. The van der Waals surface area contributed by atoms with E-state index in [9.17, 15) is 9.59 Å². The zero-order valence-corrected chi connectivity index (χ0v) is 18.5. The standard InChI is InChI=1S/C24H32N6O2/c31-23(26-18-21-6-2-1-3-7-21)19-27-10-12-28(13-11-27)20-24(32)30-16-14-29(15-17-30)22-8-4-5-9-25-22/h1-9H,10-20H2,(H,26,31). The summed E-state index contributed by atoms with van der Waals surface area (Å²) >= 11 is 0. The lowest BCUT2D eigenvalue weighted by molar-refractivity contribution is -0.133. The highest BCUT2D eigenvalue weighted by atomic mass is 16.2. The summed E-state index contributed by atoms with van der Waals surface area (Å²) in [4.78, 5) is 38.0. The van der Waals surface area contributed by atoms with Crippen molar-refractivity contribution < 1.29 is 9.59 Å². The van der Waals surface area contributed by atoms with Gasteiger partial charge in [0, 0.05) is 65.1 Å². The maximum absolute atomic E-state index is 12.8. The first kappa shape index (κ1) is 22.2. The molecule has 0 spiro atoms. The fraction of sp³-hybridized carbons (Fsp3) is 0.458. The first-order valence-corrected chi connectivity index (χ1v) is 11.4. The molecular formula is C24H32N6O2. The molecule has 32 heavy (non-hydrogen) atoms. The van der Waals surface area contributed by atoms with Crippen LogP contribution in [0.2, 0.25) is 0 Å². The number of nitrogens with one attached hydrogen (secondary N) is 1. The number of nitrogens with zero attached hydrogens (tertiary/aromatic N) is 5. The molecule has 0 radical (unpaired) electrons. The second-order valence-corrected chi connectivity index (χ2v) is 8.37. The zero-order valence-electron chi connectivity index (χ0n) is 18.5. The second-order valence-electron chi connectivity index (χ2n) is 8.37. The number of rotatable bonds is 7. The summed E-state index contributed by atoms with van der Waals surface area (Å²) in [6, 6.07) is 15.9. The van der Waals surface area contributed by atoms with Crippen molar-refractivity contribution in [3.05, 3.63) is 60.3 Å². The van der Waals surface area contributed by atoms with E-state index in [1.165, 1.54) is 0 Å². The topological polar surface area (TPSA) is 72.0 Å². The van der Waals surface area contributed by atoms with Crippen LogP contribution in [0.4, 0.5) is 5.82 Å². The Balaban J connectivity index is 1.13. The van der Waals surface area contributed by atoms with Crippen LogP contribution in [0.15, 0.2) is 54.7 Å². The monoisotopic (exact) mass is 436 g/mol. The molecule has 1 aromatic carbocycles. The number of benzene rings is 1. The highest BCUT2D eigenvalue weighted by molar-refractivity contribution is 5.79. The molecule has 2 saturated heterocycles. The maximum Gasteiger partial charge on any atom is 0.236 e. The van der Waals surface area contributed by atoms with Crippen LogP contribution in [0.25, 0.3) is 0 Å². The molecule has 8 nitrogen and oxygen atoms in total. The van der Waals surface area contributed by atoms with Crippen LogP contribution < -0.4 is 10.2 Å². The number of amides is 2. The molecule has 0 unspecified atom stereocenters. The summed E-state index contributed by atoms with van der Waals surface area (Å²) in [5, 5.41) is 2.98. The summed E-state index contributed by atoms with van der Waals surface area (Å²) in [5.41, 5.74) is 1.10. The van der Waals surface area contributed by atoms with Crippen molar-refractivity contribution in [3.63, 3.8) is 0 Å². The average molecular weight is 437 g/mol. The van der Waals surface area contributed by atoms with Crippen molar-refractivity contribution in [2.75, 3.05) is 70.3 Å². The van der Waals surface area contributed by atoms with Crippen molar-refractivity contribution in [1.82, 2.24) is 25.0 Å². The van der Waals surface area contributed by atoms with Gasteiger partial charge >= 0.3 is 0 Å². The minimum Gasteiger partial charge on any atom is -0.353 e. The Bertz CT molecular complexity index is 863. The Morgan fingerprint density at radius 1 is 0.781 bits per heavy atom. The maximum atomic E-state index is 12.8. The number of hydrogen-bond donors (Lipinski definition) is 1. The lowest BCUT2D eigenvalue weighted by Gasteiger charge is -2.38. The third-order valence-corrected chi connectivity index (χ3v) is 6.13. The van der Waals surface area contributed by atoms with Gasteiger partial charge in [-0.2, -0.15) is 0 Å². The molecule has 0 saturated carbocycles. The normalized spacial score (nSPS) is 17.9. The molecule has 4 rings (SSSR count). The van der Waals surface area contributed by atoms with Crippen molar-refractivity contribution in [3.8, 4) is 0 Å². The molecule has 0 aliphatic carbocycles. The van der Waals surface area contributed by atoms with Gasteiger partial charge in [0.2, 0.25) is 11.8 Å². The average Bonchev–Trinajstić information content (AvgIpc) is 2.85. The SMILES string of the molecule is O=C(CN1CCN(CC(=O)N2CCN(c3ccccn3)CC2)CC1)NCc1ccccc1. The molecule has 3 heterocycles. The largest absolute Gasteiger partial charge is 0.353 e. The molecule has 2 fully saturated rings. The van der Waals surface area contributed by atoms with E-state index in [-0.39, 0.29) is 11.8 Å². The lowest BCUT2D eigenvalue weighted by atomic mass is 10.2. The molecule has 2 aromatic rings. The molecule has 8 heteroatoms. The molecular weight excluding hydrogens is 404 g/mol. The summed E-state index contributed by atoms with van der Waals surface area (Å²) < 4.78 is 0. The Kier molecular flexibility index (Phi) is 7.68. The second kappa shape index (κ2) is 11.1. The molecule has 0 atom stereocenters. The van der Waals surface area contributed by atoms with E-state index in [4.69, 9.17) is 0 Å². The van der Waals surface area contributed by atoms with E-state index in [1.807, 2.05) is 53.4 Å². The van der Waals surface area contributed by atoms with Crippen LogP contribution in [0, 0.1) is 0 Å². The van der Waals surface area contributed by atoms with Crippen LogP contribution in [0.5, 0.6) is 0 Å². The first-order chi connectivity index (χ1) is 15.7. The van der Waals surface area contributed by atoms with Crippen molar-refractivity contribution >= 4 is 17.6 Å². The summed E-state index contributed by atoms with van der Waals surface area (Å²) in [5.74, 6) is 1.22. The quantitative estimate of drug-likeness (QED) is 0.688. The van der Waals surface area contributed by atoms with E-state index in [2.05, 4.69) is 25.0 Å². The minimum absolute atomic E-state index is 0.0455. The molecule has 0 bridgehead atoms. The number of anilines is 1. The zero-order chi connectivity index (χ0) is 22.2. The number of carbonyl (C=O) groups excluding carboxylic acids is 2. The predicted molar refractivity (Wildman–Crippen MR) is 124 cm³/mol. The highest BCUT2D eigenvalue weighted by Gasteiger charge is 2.25. The molecule has 170 valence electrons. The molecule has 1 N–H and O–H groups in total. The van der Waals surface area contributed by atoms with Crippen LogP contribution in [0.1, 0.15) is 5.56 Å². The number of piperazine rings is 2. The number of aromatic nitrogens is 1. The van der Waals surface area contributed by atoms with Gasteiger partial charge in [-0.3, -0.25) is 19.4 Å². The Morgan fingerprint density at radius 3 is 2.09 bits per heavy atom. The summed E-state index contributed by atoms with van der Waals surface area (Å²) in [6.07, 6.45) is 1.80. The fourth-order valence-corrected chi connectivity index (χ4v) is 4.18. The van der Waals surface area contributed by atoms with Crippen LogP contribution in [0.3, 0.4) is 0 Å². The molecule has 2 aliphatic heterocycles. The van der Waals surface area contributed by atoms with Crippen LogP contribution in [-0.2, 0) is 16.1 Å². The third kappa shape index (κ3) is 6.27. The van der Waals surface area contributed by atoms with E-state index in [1.54, 1.807) is 6.20 Å². The number of pyridine rings is 1. The Morgan fingerprint density at radius 2 is 1.44 bits per heavy atom. The summed E-state index contributed by atoms with van der Waals surface area (Å²) in [6.45, 7) is 7.75. The Labute approximate surface area is 189 Å². The van der Waals surface area contributed by atoms with Gasteiger partial charge in [0.05, 0.1) is 13.1 Å². The van der Waals surface area contributed by atoms with E-state index < -0.39 is 0 Å². The van der Waals surface area contributed by atoms with Gasteiger partial charge in [-0.15, -0.1) is 0 Å². The predicted octanol–water partition coefficient (Wildman–Crippen LogP) is 0.664. The van der Waals surface area contributed by atoms with Gasteiger partial charge in [0.25, 0.3) is 0 Å². The molecule has 2 aliphatic rings. The Hall–Kier alpha value is -2.97. The van der Waals surface area contributed by atoms with Gasteiger partial charge in [-0.05, 0) is 17.7 Å². The first-order valence-electron chi connectivity index (χ1n) is 11.4. The van der Waals surface area contributed by atoms with E-state index >= 15 is 0 Å². The van der Waals surface area contributed by atoms with Crippen molar-refractivity contribution in [1.29, 1.82) is 0 Å². The van der Waals surface area contributed by atoms with Gasteiger partial charge in [-0.1, -0.05) is 36.4 Å². The van der Waals surface area contributed by atoms with Gasteiger partial charge in [-0.25, -0.2) is 4.98 Å². The van der Waals surface area contributed by atoms with Crippen LogP contribution in [-0.4, -0.2) is 96.9 Å². The van der Waals surface area contributed by atoms with E-state index in [0.717, 1.165) is 63.7 Å².